The Bertz CT molecular complexity index is 1270. The summed E-state index contributed by atoms with van der Waals surface area (Å²) in [7, 11) is -3.70. The predicted octanol–water partition coefficient (Wildman–Crippen LogP) is 3.99. The number of morpholine rings is 1. The number of sulfonamides is 1. The van der Waals surface area contributed by atoms with E-state index < -0.39 is 15.9 Å². The minimum absolute atomic E-state index is 0.108. The maximum absolute atomic E-state index is 13.1. The first-order valence-corrected chi connectivity index (χ1v) is 12.2. The van der Waals surface area contributed by atoms with Crippen molar-refractivity contribution in [1.82, 2.24) is 4.31 Å². The average Bonchev–Trinajstić information content (AvgIpc) is 2.85. The van der Waals surface area contributed by atoms with Gasteiger partial charge in [0.25, 0.3) is 5.91 Å². The summed E-state index contributed by atoms with van der Waals surface area (Å²) in [6.07, 6.45) is 0. The van der Waals surface area contributed by atoms with Gasteiger partial charge in [-0.15, -0.1) is 0 Å². The van der Waals surface area contributed by atoms with Crippen LogP contribution in [-0.4, -0.2) is 44.9 Å². The molecule has 1 aliphatic rings. The molecule has 0 atom stereocenters. The number of hydrogen-bond acceptors (Lipinski definition) is 5. The van der Waals surface area contributed by atoms with Crippen LogP contribution in [0.1, 0.15) is 21.5 Å². The van der Waals surface area contributed by atoms with Crippen molar-refractivity contribution in [3.63, 3.8) is 0 Å². The summed E-state index contributed by atoms with van der Waals surface area (Å²) in [5.74, 6) is -0.408. The van der Waals surface area contributed by atoms with Crippen LogP contribution in [0.25, 0.3) is 0 Å². The molecule has 9 heteroatoms. The largest absolute Gasteiger partial charge is 0.488 e. The Morgan fingerprint density at radius 2 is 1.76 bits per heavy atom. The van der Waals surface area contributed by atoms with Crippen molar-refractivity contribution in [2.24, 2.45) is 0 Å². The Hall–Kier alpha value is -3.27. The zero-order valence-electron chi connectivity index (χ0n) is 18.7. The summed E-state index contributed by atoms with van der Waals surface area (Å²) >= 11 is 0. The number of anilines is 1. The van der Waals surface area contributed by atoms with E-state index in [0.717, 1.165) is 11.1 Å². The molecule has 0 aliphatic carbocycles. The lowest BCUT2D eigenvalue weighted by molar-refractivity contribution is 0.0730. The van der Waals surface area contributed by atoms with E-state index in [9.17, 15) is 17.6 Å². The lowest BCUT2D eigenvalue weighted by Crippen LogP contribution is -2.40. The monoisotopic (exact) mass is 484 g/mol. The van der Waals surface area contributed by atoms with Crippen LogP contribution in [0.15, 0.2) is 71.6 Å². The van der Waals surface area contributed by atoms with Gasteiger partial charge in [0, 0.05) is 18.8 Å². The van der Waals surface area contributed by atoms with Crippen LogP contribution < -0.4 is 10.1 Å². The fraction of sp³-hybridized carbons (Fsp3) is 0.240. The molecule has 4 rings (SSSR count). The fourth-order valence-electron chi connectivity index (χ4n) is 3.54. The Morgan fingerprint density at radius 1 is 1.06 bits per heavy atom. The van der Waals surface area contributed by atoms with E-state index in [4.69, 9.17) is 9.47 Å². The molecule has 1 fully saturated rings. The second-order valence-corrected chi connectivity index (χ2v) is 9.80. The van der Waals surface area contributed by atoms with Gasteiger partial charge in [-0.3, -0.25) is 4.79 Å². The minimum atomic E-state index is -3.70. The van der Waals surface area contributed by atoms with Crippen molar-refractivity contribution in [2.45, 2.75) is 18.4 Å². The van der Waals surface area contributed by atoms with Gasteiger partial charge >= 0.3 is 0 Å². The van der Waals surface area contributed by atoms with E-state index in [1.54, 1.807) is 49.4 Å². The third-order valence-corrected chi connectivity index (χ3v) is 7.40. The van der Waals surface area contributed by atoms with E-state index >= 15 is 0 Å². The van der Waals surface area contributed by atoms with Crippen molar-refractivity contribution < 1.29 is 27.1 Å². The van der Waals surface area contributed by atoms with Crippen molar-refractivity contribution in [1.29, 1.82) is 0 Å². The highest BCUT2D eigenvalue weighted by molar-refractivity contribution is 7.89. The molecular formula is C25H25FN2O5S. The molecule has 1 amide bonds. The van der Waals surface area contributed by atoms with Gasteiger partial charge in [0.2, 0.25) is 10.0 Å². The van der Waals surface area contributed by atoms with Gasteiger partial charge in [-0.1, -0.05) is 30.3 Å². The van der Waals surface area contributed by atoms with E-state index in [-0.39, 0.29) is 30.4 Å². The second kappa shape index (κ2) is 10.3. The standard InChI is InChI=1S/C25H25FN2O5S/c1-18-6-11-21(34(30,31)28-12-14-32-15-13-28)16-23(18)27-25(29)22-4-2-3-5-24(22)33-17-19-7-9-20(26)10-8-19/h2-11,16H,12-15,17H2,1H3,(H,27,29). The number of carbonyl (C=O) groups excluding carboxylic acids is 1. The molecule has 0 spiro atoms. The summed E-state index contributed by atoms with van der Waals surface area (Å²) in [4.78, 5) is 13.2. The van der Waals surface area contributed by atoms with Crippen LogP contribution >= 0.6 is 0 Å². The highest BCUT2D eigenvalue weighted by Gasteiger charge is 2.27. The molecule has 0 bridgehead atoms. The second-order valence-electron chi connectivity index (χ2n) is 7.86. The molecule has 1 saturated heterocycles. The van der Waals surface area contributed by atoms with Crippen LogP contribution in [0.2, 0.25) is 0 Å². The van der Waals surface area contributed by atoms with Crippen LogP contribution in [0, 0.1) is 12.7 Å². The summed E-state index contributed by atoms with van der Waals surface area (Å²) in [5.41, 5.74) is 2.17. The lowest BCUT2D eigenvalue weighted by Gasteiger charge is -2.26. The van der Waals surface area contributed by atoms with Crippen LogP contribution in [0.4, 0.5) is 10.1 Å². The van der Waals surface area contributed by atoms with E-state index in [2.05, 4.69) is 5.32 Å². The van der Waals surface area contributed by atoms with Gasteiger partial charge in [-0.25, -0.2) is 12.8 Å². The van der Waals surface area contributed by atoms with Crippen molar-refractivity contribution in [3.05, 3.63) is 89.2 Å². The summed E-state index contributed by atoms with van der Waals surface area (Å²) in [6, 6.07) is 17.3. The highest BCUT2D eigenvalue weighted by Crippen LogP contribution is 2.26. The number of hydrogen-bond donors (Lipinski definition) is 1. The zero-order chi connectivity index (χ0) is 24.1. The Morgan fingerprint density at radius 3 is 2.50 bits per heavy atom. The molecular weight excluding hydrogens is 459 g/mol. The minimum Gasteiger partial charge on any atom is -0.488 e. The zero-order valence-corrected chi connectivity index (χ0v) is 19.5. The smallest absolute Gasteiger partial charge is 0.259 e. The van der Waals surface area contributed by atoms with E-state index in [1.807, 2.05) is 0 Å². The molecule has 0 unspecified atom stereocenters. The van der Waals surface area contributed by atoms with Gasteiger partial charge in [0.1, 0.15) is 18.2 Å². The average molecular weight is 485 g/mol. The molecule has 34 heavy (non-hydrogen) atoms. The first-order valence-electron chi connectivity index (χ1n) is 10.8. The molecule has 1 N–H and O–H groups in total. The number of amides is 1. The Balaban J connectivity index is 1.53. The number of nitrogens with one attached hydrogen (secondary N) is 1. The van der Waals surface area contributed by atoms with Crippen LogP contribution in [0.5, 0.6) is 5.75 Å². The first-order chi connectivity index (χ1) is 16.3. The van der Waals surface area contributed by atoms with Crippen LogP contribution in [-0.2, 0) is 21.4 Å². The molecule has 1 heterocycles. The lowest BCUT2D eigenvalue weighted by atomic mass is 10.1. The number of halogens is 1. The number of rotatable bonds is 7. The van der Waals surface area contributed by atoms with Gasteiger partial charge in [-0.2, -0.15) is 4.31 Å². The SMILES string of the molecule is Cc1ccc(S(=O)(=O)N2CCOCC2)cc1NC(=O)c1ccccc1OCc1ccc(F)cc1. The first kappa shape index (κ1) is 23.9. The van der Waals surface area contributed by atoms with Gasteiger partial charge in [0.15, 0.2) is 0 Å². The summed E-state index contributed by atoms with van der Waals surface area (Å²) in [5, 5.41) is 2.81. The molecule has 7 nitrogen and oxygen atoms in total. The van der Waals surface area contributed by atoms with Gasteiger partial charge in [-0.05, 0) is 54.4 Å². The van der Waals surface area contributed by atoms with Crippen molar-refractivity contribution in [2.75, 3.05) is 31.6 Å². The number of para-hydroxylation sites is 1. The van der Waals surface area contributed by atoms with E-state index in [1.165, 1.54) is 28.6 Å². The third-order valence-electron chi connectivity index (χ3n) is 5.50. The number of carbonyl (C=O) groups is 1. The number of benzene rings is 3. The van der Waals surface area contributed by atoms with E-state index in [0.29, 0.717) is 30.2 Å². The molecule has 178 valence electrons. The molecule has 0 aromatic heterocycles. The van der Waals surface area contributed by atoms with Crippen molar-refractivity contribution in [3.8, 4) is 5.75 Å². The van der Waals surface area contributed by atoms with Gasteiger partial charge in [0.05, 0.1) is 23.7 Å². The van der Waals surface area contributed by atoms with Gasteiger partial charge < -0.3 is 14.8 Å². The maximum Gasteiger partial charge on any atom is 0.259 e. The summed E-state index contributed by atoms with van der Waals surface area (Å²) < 4.78 is 51.6. The predicted molar refractivity (Wildman–Crippen MR) is 126 cm³/mol. The normalized spacial score (nSPS) is 14.5. The quantitative estimate of drug-likeness (QED) is 0.548. The number of aryl methyl sites for hydroxylation is 1. The molecule has 1 aliphatic heterocycles. The molecule has 3 aromatic rings. The molecule has 3 aromatic carbocycles. The number of ether oxygens (including phenoxy) is 2. The highest BCUT2D eigenvalue weighted by atomic mass is 32.2. The number of nitrogens with zero attached hydrogens (tertiary/aromatic N) is 1. The third kappa shape index (κ3) is 5.44. The maximum atomic E-state index is 13.1. The molecule has 0 radical (unpaired) electrons. The fourth-order valence-corrected chi connectivity index (χ4v) is 4.98. The molecule has 0 saturated carbocycles. The van der Waals surface area contributed by atoms with Crippen LogP contribution in [0.3, 0.4) is 0 Å². The topological polar surface area (TPSA) is 84.9 Å². The summed E-state index contributed by atoms with van der Waals surface area (Å²) in [6.45, 7) is 3.23. The Kier molecular flexibility index (Phi) is 7.26. The Labute approximate surface area is 198 Å². The van der Waals surface area contributed by atoms with Crippen molar-refractivity contribution >= 4 is 21.6 Å².